The van der Waals surface area contributed by atoms with E-state index in [1.54, 1.807) is 0 Å². The molecule has 0 saturated heterocycles. The minimum absolute atomic E-state index is 0.0960. The Balaban J connectivity index is 4.19. The van der Waals surface area contributed by atoms with E-state index in [4.69, 9.17) is 0 Å². The molecule has 3 nitrogen and oxygen atoms in total. The van der Waals surface area contributed by atoms with E-state index in [9.17, 15) is 18.0 Å². The van der Waals surface area contributed by atoms with Crippen molar-refractivity contribution in [1.82, 2.24) is 0 Å². The SMILES string of the molecule is C=C(C)C(=O)OC(C)(C)OCC(F)(F)F. The molecule has 0 heterocycles. The highest BCUT2D eigenvalue weighted by Gasteiger charge is 2.33. The monoisotopic (exact) mass is 226 g/mol. The third-order valence-electron chi connectivity index (χ3n) is 1.27. The van der Waals surface area contributed by atoms with E-state index < -0.39 is 24.5 Å². The molecule has 0 N–H and O–H groups in total. The number of ether oxygens (including phenoxy) is 2. The number of hydrogen-bond donors (Lipinski definition) is 0. The molecule has 0 fully saturated rings. The zero-order valence-corrected chi connectivity index (χ0v) is 8.77. The van der Waals surface area contributed by atoms with Gasteiger partial charge >= 0.3 is 12.1 Å². The van der Waals surface area contributed by atoms with Gasteiger partial charge in [-0.3, -0.25) is 0 Å². The van der Waals surface area contributed by atoms with Crippen molar-refractivity contribution in [3.05, 3.63) is 12.2 Å². The molecule has 15 heavy (non-hydrogen) atoms. The van der Waals surface area contributed by atoms with Gasteiger partial charge in [-0.1, -0.05) is 6.58 Å². The highest BCUT2D eigenvalue weighted by Crippen LogP contribution is 2.20. The predicted octanol–water partition coefficient (Wildman–Crippen LogP) is 2.42. The molecule has 0 spiro atoms. The Morgan fingerprint density at radius 3 is 2.13 bits per heavy atom. The van der Waals surface area contributed by atoms with Gasteiger partial charge < -0.3 is 9.47 Å². The largest absolute Gasteiger partial charge is 0.430 e. The molecule has 0 atom stereocenters. The van der Waals surface area contributed by atoms with Gasteiger partial charge in [0.2, 0.25) is 5.79 Å². The molecule has 0 aromatic carbocycles. The van der Waals surface area contributed by atoms with Crippen molar-refractivity contribution in [1.29, 1.82) is 0 Å². The molecule has 0 aliphatic rings. The maximum absolute atomic E-state index is 11.8. The molecule has 88 valence electrons. The summed E-state index contributed by atoms with van der Waals surface area (Å²) in [6.07, 6.45) is -4.45. The van der Waals surface area contributed by atoms with Crippen molar-refractivity contribution in [2.24, 2.45) is 0 Å². The molecule has 6 heteroatoms. The second-order valence-corrected chi connectivity index (χ2v) is 3.47. The normalized spacial score (nSPS) is 12.4. The molecule has 0 unspecified atom stereocenters. The Morgan fingerprint density at radius 2 is 1.80 bits per heavy atom. The molecule has 0 bridgehead atoms. The number of carbonyl (C=O) groups excluding carboxylic acids is 1. The van der Waals surface area contributed by atoms with Crippen LogP contribution in [0.1, 0.15) is 20.8 Å². The topological polar surface area (TPSA) is 35.5 Å². The third-order valence-corrected chi connectivity index (χ3v) is 1.27. The number of halogens is 3. The molecule has 0 aromatic rings. The summed E-state index contributed by atoms with van der Waals surface area (Å²) >= 11 is 0. The highest BCUT2D eigenvalue weighted by molar-refractivity contribution is 5.87. The lowest BCUT2D eigenvalue weighted by Crippen LogP contribution is -2.35. The lowest BCUT2D eigenvalue weighted by atomic mass is 10.3. The number of carbonyl (C=O) groups is 1. The van der Waals surface area contributed by atoms with E-state index in [1.807, 2.05) is 0 Å². The van der Waals surface area contributed by atoms with E-state index in [0.29, 0.717) is 0 Å². The molecule has 0 amide bonds. The Kier molecular flexibility index (Phi) is 4.33. The van der Waals surface area contributed by atoms with E-state index in [-0.39, 0.29) is 5.57 Å². The van der Waals surface area contributed by atoms with Crippen LogP contribution in [0.25, 0.3) is 0 Å². The number of hydrogen-bond acceptors (Lipinski definition) is 3. The van der Waals surface area contributed by atoms with Gasteiger partial charge in [-0.2, -0.15) is 13.2 Å². The van der Waals surface area contributed by atoms with Crippen molar-refractivity contribution in [2.75, 3.05) is 6.61 Å². The minimum atomic E-state index is -4.45. The zero-order chi connectivity index (χ0) is 12.3. The van der Waals surface area contributed by atoms with E-state index in [2.05, 4.69) is 16.1 Å². The number of alkyl halides is 3. The summed E-state index contributed by atoms with van der Waals surface area (Å²) < 4.78 is 44.4. The van der Waals surface area contributed by atoms with E-state index in [1.165, 1.54) is 20.8 Å². The van der Waals surface area contributed by atoms with Gasteiger partial charge in [-0.05, 0) is 6.92 Å². The molecule has 0 saturated carbocycles. The first-order valence-corrected chi connectivity index (χ1v) is 4.13. The lowest BCUT2D eigenvalue weighted by Gasteiger charge is -2.25. The Bertz CT molecular complexity index is 256. The first-order chi connectivity index (χ1) is 6.53. The van der Waals surface area contributed by atoms with Crippen LogP contribution in [0.2, 0.25) is 0 Å². The third kappa shape index (κ3) is 6.96. The van der Waals surface area contributed by atoms with Crippen LogP contribution in [0.5, 0.6) is 0 Å². The van der Waals surface area contributed by atoms with Gasteiger partial charge in [0.25, 0.3) is 0 Å². The van der Waals surface area contributed by atoms with Crippen molar-refractivity contribution < 1.29 is 27.4 Å². The summed E-state index contributed by atoms with van der Waals surface area (Å²) in [5.41, 5.74) is 0.0960. The van der Waals surface area contributed by atoms with Crippen LogP contribution in [-0.2, 0) is 14.3 Å². The minimum Gasteiger partial charge on any atom is -0.430 e. The van der Waals surface area contributed by atoms with Crippen LogP contribution in [0.15, 0.2) is 12.2 Å². The van der Waals surface area contributed by atoms with Crippen LogP contribution in [-0.4, -0.2) is 24.5 Å². The van der Waals surface area contributed by atoms with Crippen LogP contribution in [0.4, 0.5) is 13.2 Å². The van der Waals surface area contributed by atoms with Crippen LogP contribution < -0.4 is 0 Å². The predicted molar refractivity (Wildman–Crippen MR) is 47.0 cm³/mol. The number of esters is 1. The van der Waals surface area contributed by atoms with Crippen LogP contribution in [0.3, 0.4) is 0 Å². The molecule has 0 aromatic heterocycles. The standard InChI is InChI=1S/C9H13F3O3/c1-6(2)7(13)15-8(3,4)14-5-9(10,11)12/h1,5H2,2-4H3. The highest BCUT2D eigenvalue weighted by atomic mass is 19.4. The summed E-state index contributed by atoms with van der Waals surface area (Å²) in [6.45, 7) is 5.66. The fraction of sp³-hybridized carbons (Fsp3) is 0.667. The zero-order valence-electron chi connectivity index (χ0n) is 8.77. The average Bonchev–Trinajstić information content (AvgIpc) is 1.99. The fourth-order valence-corrected chi connectivity index (χ4v) is 0.595. The second kappa shape index (κ2) is 4.65. The summed E-state index contributed by atoms with van der Waals surface area (Å²) in [6, 6.07) is 0. The van der Waals surface area contributed by atoms with Crippen molar-refractivity contribution >= 4 is 5.97 Å². The van der Waals surface area contributed by atoms with Crippen LogP contribution >= 0.6 is 0 Å². The van der Waals surface area contributed by atoms with Crippen LogP contribution in [0, 0.1) is 0 Å². The first kappa shape index (κ1) is 14.0. The molecular formula is C9H13F3O3. The lowest BCUT2D eigenvalue weighted by molar-refractivity contribution is -0.260. The van der Waals surface area contributed by atoms with E-state index >= 15 is 0 Å². The molecular weight excluding hydrogens is 213 g/mol. The Labute approximate surface area is 85.9 Å². The maximum atomic E-state index is 11.8. The first-order valence-electron chi connectivity index (χ1n) is 4.13. The van der Waals surface area contributed by atoms with Gasteiger partial charge in [0.05, 0.1) is 0 Å². The quantitative estimate of drug-likeness (QED) is 0.419. The van der Waals surface area contributed by atoms with Crippen molar-refractivity contribution in [3.63, 3.8) is 0 Å². The van der Waals surface area contributed by atoms with Crippen molar-refractivity contribution in [2.45, 2.75) is 32.7 Å². The van der Waals surface area contributed by atoms with Crippen molar-refractivity contribution in [3.8, 4) is 0 Å². The van der Waals surface area contributed by atoms with E-state index in [0.717, 1.165) is 0 Å². The van der Waals surface area contributed by atoms with Gasteiger partial charge in [-0.15, -0.1) is 0 Å². The van der Waals surface area contributed by atoms with Gasteiger partial charge in [0, 0.05) is 19.4 Å². The Hall–Kier alpha value is -1.04. The second-order valence-electron chi connectivity index (χ2n) is 3.47. The average molecular weight is 226 g/mol. The number of rotatable bonds is 4. The summed E-state index contributed by atoms with van der Waals surface area (Å²) in [7, 11) is 0. The molecule has 0 aliphatic heterocycles. The summed E-state index contributed by atoms with van der Waals surface area (Å²) in [5, 5.41) is 0. The summed E-state index contributed by atoms with van der Waals surface area (Å²) in [4.78, 5) is 11.0. The smallest absolute Gasteiger partial charge is 0.411 e. The molecule has 0 aliphatic carbocycles. The van der Waals surface area contributed by atoms with Gasteiger partial charge in [0.1, 0.15) is 6.61 Å². The Morgan fingerprint density at radius 1 is 1.33 bits per heavy atom. The summed E-state index contributed by atoms with van der Waals surface area (Å²) in [5.74, 6) is -2.41. The molecule has 0 radical (unpaired) electrons. The van der Waals surface area contributed by atoms with Gasteiger partial charge in [-0.25, -0.2) is 4.79 Å². The maximum Gasteiger partial charge on any atom is 0.411 e. The van der Waals surface area contributed by atoms with Gasteiger partial charge in [0.15, 0.2) is 0 Å². The molecule has 0 rings (SSSR count). The fourth-order valence-electron chi connectivity index (χ4n) is 0.595.